The molecule has 5 heteroatoms. The number of cyclic esters (lactones) is 1. The lowest BCUT2D eigenvalue weighted by atomic mass is 10.1. The Hall–Kier alpha value is -2.27. The van der Waals surface area contributed by atoms with E-state index in [2.05, 4.69) is 44.7 Å². The highest BCUT2D eigenvalue weighted by Gasteiger charge is 2.33. The Bertz CT molecular complexity index is 775. The summed E-state index contributed by atoms with van der Waals surface area (Å²) >= 11 is 0. The molecule has 1 aliphatic heterocycles. The minimum absolute atomic E-state index is 0.244. The maximum Gasteiger partial charge on any atom is 0.411 e. The van der Waals surface area contributed by atoms with Crippen molar-refractivity contribution in [3.8, 4) is 5.75 Å². The fourth-order valence-corrected chi connectivity index (χ4v) is 3.75. The van der Waals surface area contributed by atoms with Crippen LogP contribution >= 0.6 is 0 Å². The van der Waals surface area contributed by atoms with Crippen molar-refractivity contribution in [1.29, 1.82) is 0 Å². The van der Waals surface area contributed by atoms with Gasteiger partial charge in [-0.1, -0.05) is 64.1 Å². The molecule has 5 nitrogen and oxygen atoms in total. The lowest BCUT2D eigenvalue weighted by Gasteiger charge is -2.29. The first kappa shape index (κ1) is 20.5. The van der Waals surface area contributed by atoms with Gasteiger partial charge in [0.1, 0.15) is 12.4 Å². The molecule has 1 saturated heterocycles. The average molecular weight is 385 g/mol. The molecule has 0 bridgehead atoms. The molecule has 1 atom stereocenters. The van der Waals surface area contributed by atoms with Gasteiger partial charge in [-0.2, -0.15) is 0 Å². The summed E-state index contributed by atoms with van der Waals surface area (Å²) in [5, 5.41) is 2.22. The van der Waals surface area contributed by atoms with E-state index in [1.54, 1.807) is 4.90 Å². The van der Waals surface area contributed by atoms with E-state index >= 15 is 0 Å². The summed E-state index contributed by atoms with van der Waals surface area (Å²) in [4.78, 5) is 16.5. The highest BCUT2D eigenvalue weighted by atomic mass is 16.6. The number of hydrogen-bond acceptors (Lipinski definition) is 4. The second-order valence-corrected chi connectivity index (χ2v) is 8.48. The first-order valence-corrected chi connectivity index (χ1v) is 10.2. The average Bonchev–Trinajstić information content (AvgIpc) is 2.98. The second kappa shape index (κ2) is 9.28. The Balaban J connectivity index is 1.58. The van der Waals surface area contributed by atoms with Gasteiger partial charge in [-0.3, -0.25) is 9.80 Å². The maximum atomic E-state index is 12.3. The van der Waals surface area contributed by atoms with Gasteiger partial charge < -0.3 is 9.47 Å². The molecular formula is C23H32N2O3. The summed E-state index contributed by atoms with van der Waals surface area (Å²) < 4.78 is 11.6. The third-order valence-corrected chi connectivity index (χ3v) is 4.74. The standard InChI is InChI=1S/C23H32N2O3/c1-17(2)12-24(13-18(3)4)16-25-14-20(28-23(25)26)15-27-22-11-7-9-19-8-5-6-10-21(19)22/h5-11,17-18,20H,12-16H2,1-4H3/t20-/m1/s1. The monoisotopic (exact) mass is 384 g/mol. The van der Waals surface area contributed by atoms with Crippen LogP contribution in [0.3, 0.4) is 0 Å². The van der Waals surface area contributed by atoms with E-state index in [1.807, 2.05) is 30.3 Å². The smallest absolute Gasteiger partial charge is 0.411 e. The second-order valence-electron chi connectivity index (χ2n) is 8.48. The highest BCUT2D eigenvalue weighted by molar-refractivity contribution is 5.88. The molecule has 152 valence electrons. The largest absolute Gasteiger partial charge is 0.489 e. The van der Waals surface area contributed by atoms with Gasteiger partial charge in [-0.05, 0) is 23.3 Å². The molecule has 0 radical (unpaired) electrons. The lowest BCUT2D eigenvalue weighted by molar-refractivity contribution is 0.0980. The fraction of sp³-hybridized carbons (Fsp3) is 0.522. The van der Waals surface area contributed by atoms with E-state index in [4.69, 9.17) is 9.47 Å². The van der Waals surface area contributed by atoms with Gasteiger partial charge >= 0.3 is 6.09 Å². The Morgan fingerprint density at radius 2 is 1.75 bits per heavy atom. The molecule has 0 N–H and O–H groups in total. The first-order chi connectivity index (χ1) is 13.4. The van der Waals surface area contributed by atoms with Crippen LogP contribution in [-0.2, 0) is 4.74 Å². The number of hydrogen-bond donors (Lipinski definition) is 0. The third kappa shape index (κ3) is 5.38. The van der Waals surface area contributed by atoms with Gasteiger partial charge in [-0.25, -0.2) is 4.79 Å². The molecule has 0 aliphatic carbocycles. The van der Waals surface area contributed by atoms with Crippen LogP contribution in [0.4, 0.5) is 4.79 Å². The van der Waals surface area contributed by atoms with Gasteiger partial charge in [0, 0.05) is 18.5 Å². The normalized spacial score (nSPS) is 17.2. The van der Waals surface area contributed by atoms with Crippen LogP contribution in [0, 0.1) is 11.8 Å². The molecule has 0 unspecified atom stereocenters. The summed E-state index contributed by atoms with van der Waals surface area (Å²) in [6, 6.07) is 14.2. The number of nitrogens with zero attached hydrogens (tertiary/aromatic N) is 2. The zero-order valence-electron chi connectivity index (χ0n) is 17.4. The number of fused-ring (bicyclic) bond motifs is 1. The minimum atomic E-state index is -0.246. The quantitative estimate of drug-likeness (QED) is 0.633. The van der Waals surface area contributed by atoms with E-state index < -0.39 is 0 Å². The molecule has 1 heterocycles. The molecule has 1 aliphatic rings. The lowest BCUT2D eigenvalue weighted by Crippen LogP contribution is -2.42. The molecule has 3 rings (SSSR count). The zero-order chi connectivity index (χ0) is 20.1. The number of benzene rings is 2. The van der Waals surface area contributed by atoms with Crippen LogP contribution in [0.15, 0.2) is 42.5 Å². The van der Waals surface area contributed by atoms with Gasteiger partial charge in [0.05, 0.1) is 13.2 Å². The number of carbonyl (C=O) groups is 1. The SMILES string of the molecule is CC(C)CN(CC(C)C)CN1C[C@H](COc2cccc3ccccc23)OC1=O. The predicted molar refractivity (Wildman–Crippen MR) is 113 cm³/mol. The number of rotatable bonds is 9. The molecule has 0 aromatic heterocycles. The maximum absolute atomic E-state index is 12.3. The number of ether oxygens (including phenoxy) is 2. The predicted octanol–water partition coefficient (Wildman–Crippen LogP) is 4.61. The van der Waals surface area contributed by atoms with Crippen molar-refractivity contribution in [2.75, 3.05) is 32.9 Å². The van der Waals surface area contributed by atoms with Crippen molar-refractivity contribution >= 4 is 16.9 Å². The minimum Gasteiger partial charge on any atom is -0.489 e. The van der Waals surface area contributed by atoms with Gasteiger partial charge in [0.15, 0.2) is 6.10 Å². The molecule has 0 saturated carbocycles. The van der Waals surface area contributed by atoms with Crippen molar-refractivity contribution in [3.05, 3.63) is 42.5 Å². The van der Waals surface area contributed by atoms with Crippen molar-refractivity contribution in [1.82, 2.24) is 9.80 Å². The van der Waals surface area contributed by atoms with Crippen molar-refractivity contribution in [3.63, 3.8) is 0 Å². The Morgan fingerprint density at radius 1 is 1.07 bits per heavy atom. The van der Waals surface area contributed by atoms with Crippen LogP contribution in [-0.4, -0.2) is 54.9 Å². The highest BCUT2D eigenvalue weighted by Crippen LogP contribution is 2.26. The molecule has 28 heavy (non-hydrogen) atoms. The van der Waals surface area contributed by atoms with E-state index in [0.717, 1.165) is 29.6 Å². The number of carbonyl (C=O) groups excluding carboxylic acids is 1. The molecule has 1 fully saturated rings. The molecule has 1 amide bonds. The van der Waals surface area contributed by atoms with Crippen LogP contribution in [0.5, 0.6) is 5.75 Å². The van der Waals surface area contributed by atoms with Crippen molar-refractivity contribution in [2.24, 2.45) is 11.8 Å². The Labute approximate surface area is 168 Å². The summed E-state index contributed by atoms with van der Waals surface area (Å²) in [5.41, 5.74) is 0. The van der Waals surface area contributed by atoms with E-state index in [0.29, 0.717) is 31.7 Å². The molecule has 0 spiro atoms. The van der Waals surface area contributed by atoms with E-state index in [1.165, 1.54) is 0 Å². The topological polar surface area (TPSA) is 42.0 Å². The summed E-state index contributed by atoms with van der Waals surface area (Å²) in [5.74, 6) is 1.94. The van der Waals surface area contributed by atoms with Gasteiger partial charge in [0.25, 0.3) is 0 Å². The molecule has 2 aromatic rings. The fourth-order valence-electron chi connectivity index (χ4n) is 3.75. The van der Waals surface area contributed by atoms with E-state index in [9.17, 15) is 4.79 Å². The summed E-state index contributed by atoms with van der Waals surface area (Å²) in [6.07, 6.45) is -0.490. The van der Waals surface area contributed by atoms with Crippen LogP contribution in [0.2, 0.25) is 0 Å². The van der Waals surface area contributed by atoms with Crippen LogP contribution < -0.4 is 4.74 Å². The van der Waals surface area contributed by atoms with Gasteiger partial charge in [-0.15, -0.1) is 0 Å². The van der Waals surface area contributed by atoms with Crippen molar-refractivity contribution < 1.29 is 14.3 Å². The summed E-state index contributed by atoms with van der Waals surface area (Å²) in [7, 11) is 0. The molecule has 2 aromatic carbocycles. The molecular weight excluding hydrogens is 352 g/mol. The Morgan fingerprint density at radius 3 is 2.46 bits per heavy atom. The van der Waals surface area contributed by atoms with E-state index in [-0.39, 0.29) is 12.2 Å². The van der Waals surface area contributed by atoms with Crippen LogP contribution in [0.25, 0.3) is 10.8 Å². The number of amides is 1. The van der Waals surface area contributed by atoms with Crippen molar-refractivity contribution in [2.45, 2.75) is 33.8 Å². The van der Waals surface area contributed by atoms with Gasteiger partial charge in [0.2, 0.25) is 0 Å². The Kier molecular flexibility index (Phi) is 6.79. The van der Waals surface area contributed by atoms with Crippen LogP contribution in [0.1, 0.15) is 27.7 Å². The zero-order valence-corrected chi connectivity index (χ0v) is 17.4. The first-order valence-electron chi connectivity index (χ1n) is 10.2. The summed E-state index contributed by atoms with van der Waals surface area (Å²) in [6.45, 7) is 12.3. The third-order valence-electron chi connectivity index (χ3n) is 4.74.